The molecule has 0 amide bonds. The van der Waals surface area contributed by atoms with Crippen molar-refractivity contribution in [1.29, 1.82) is 0 Å². The van der Waals surface area contributed by atoms with E-state index in [-0.39, 0.29) is 48.9 Å². The fraction of sp³-hybridized carbons (Fsp3) is 1.00. The van der Waals surface area contributed by atoms with Crippen LogP contribution in [0.3, 0.4) is 0 Å². The zero-order chi connectivity index (χ0) is 33.4. The Balaban J connectivity index is -0.000000767. The van der Waals surface area contributed by atoms with Gasteiger partial charge in [0.25, 0.3) is 0 Å². The zero-order valence-electron chi connectivity index (χ0n) is 30.3. The van der Waals surface area contributed by atoms with Gasteiger partial charge in [-0.25, -0.2) is 16.8 Å². The summed E-state index contributed by atoms with van der Waals surface area (Å²) >= 11 is 0. The maximum atomic E-state index is 10.7. The van der Waals surface area contributed by atoms with E-state index < -0.39 is 30.7 Å². The summed E-state index contributed by atoms with van der Waals surface area (Å²) < 4.78 is 64.4. The molecule has 0 radical (unpaired) electrons. The average Bonchev–Trinajstić information content (AvgIpc) is 2.96. The second kappa shape index (κ2) is 36.7. The minimum absolute atomic E-state index is 0. The van der Waals surface area contributed by atoms with Crippen molar-refractivity contribution in [3.63, 3.8) is 0 Å². The average molecular weight is 804 g/mol. The van der Waals surface area contributed by atoms with E-state index in [1.165, 1.54) is 168 Å². The molecule has 0 aliphatic carbocycles. The molecule has 0 aromatic carbocycles. The first-order chi connectivity index (χ1) is 21.0. The summed E-state index contributed by atoms with van der Waals surface area (Å²) in [6.45, 7) is 7.55. The zero-order valence-corrected chi connectivity index (χ0v) is 36.4. The molecule has 45 heavy (non-hydrogen) atoms. The van der Waals surface area contributed by atoms with E-state index in [1.54, 1.807) is 0 Å². The molecule has 9 heteroatoms. The molecule has 0 saturated heterocycles. The Morgan fingerprint density at radius 1 is 0.356 bits per heavy atom. The van der Waals surface area contributed by atoms with Crippen LogP contribution in [-0.2, 0) is 20.2 Å². The summed E-state index contributed by atoms with van der Waals surface area (Å²) in [6.07, 6.45) is 37.1. The molecule has 0 rings (SSSR count). The molecule has 2 atom stereocenters. The minimum atomic E-state index is -4.07. The van der Waals surface area contributed by atoms with Crippen molar-refractivity contribution in [2.24, 2.45) is 0 Å². The van der Waals surface area contributed by atoms with E-state index in [0.717, 1.165) is 25.7 Å². The van der Waals surface area contributed by atoms with E-state index in [0.29, 0.717) is 12.8 Å². The van der Waals surface area contributed by atoms with Crippen LogP contribution in [0.5, 0.6) is 0 Å². The molecule has 2 unspecified atom stereocenters. The first-order valence-corrected chi connectivity index (χ1v) is 21.8. The summed E-state index contributed by atoms with van der Waals surface area (Å²) in [4.78, 5) is 0. The van der Waals surface area contributed by atoms with Crippen LogP contribution in [0.4, 0.5) is 0 Å². The molecular weight excluding hydrogens is 730 g/mol. The monoisotopic (exact) mass is 804 g/mol. The third-order valence-corrected chi connectivity index (χ3v) is 11.4. The van der Waals surface area contributed by atoms with Crippen LogP contribution in [0.15, 0.2) is 0 Å². The molecule has 6 nitrogen and oxygen atoms in total. The molecule has 0 spiro atoms. The van der Waals surface area contributed by atoms with Gasteiger partial charge >= 0.3 is 48.9 Å². The number of rotatable bonds is 32. The third kappa shape index (κ3) is 41.5. The van der Waals surface area contributed by atoms with Crippen LogP contribution in [0.1, 0.15) is 220 Å². The predicted molar refractivity (Wildman–Crippen MR) is 194 cm³/mol. The van der Waals surface area contributed by atoms with E-state index in [1.807, 2.05) is 0 Å². The first kappa shape index (κ1) is 50.8. The SMILES string of the molecule is CCCCCCCCCCCCCCCCC(C)S(=O)(=O)[O-].CCCCCCCCCCCCCCCCC(C)S(=O)(=O)[O-].[Ba+2]. The molecular formula is C36H74BaO6S2. The van der Waals surface area contributed by atoms with Gasteiger partial charge in [-0.2, -0.15) is 0 Å². The fourth-order valence-electron chi connectivity index (χ4n) is 5.54. The molecule has 0 aromatic heterocycles. The van der Waals surface area contributed by atoms with E-state index >= 15 is 0 Å². The van der Waals surface area contributed by atoms with Crippen molar-refractivity contribution in [3.05, 3.63) is 0 Å². The Hall–Kier alpha value is 1.39. The van der Waals surface area contributed by atoms with Gasteiger partial charge in [0.2, 0.25) is 0 Å². The molecule has 268 valence electrons. The van der Waals surface area contributed by atoms with Gasteiger partial charge in [0, 0.05) is 10.5 Å². The van der Waals surface area contributed by atoms with Gasteiger partial charge in [0.15, 0.2) is 0 Å². The molecule has 0 aliphatic rings. The van der Waals surface area contributed by atoms with Crippen molar-refractivity contribution < 1.29 is 25.9 Å². The molecule has 0 saturated carbocycles. The van der Waals surface area contributed by atoms with Crippen LogP contribution in [0, 0.1) is 0 Å². The molecule has 0 heterocycles. The number of hydrogen-bond acceptors (Lipinski definition) is 6. The van der Waals surface area contributed by atoms with Crippen LogP contribution >= 0.6 is 0 Å². The van der Waals surface area contributed by atoms with Crippen molar-refractivity contribution in [3.8, 4) is 0 Å². The number of unbranched alkanes of at least 4 members (excludes halogenated alkanes) is 26. The van der Waals surface area contributed by atoms with E-state index in [9.17, 15) is 25.9 Å². The van der Waals surface area contributed by atoms with Crippen molar-refractivity contribution in [1.82, 2.24) is 0 Å². The Bertz CT molecular complexity index is 723. The Morgan fingerprint density at radius 2 is 0.511 bits per heavy atom. The Labute approximate surface area is 322 Å². The molecule has 0 aliphatic heterocycles. The standard InChI is InChI=1S/2C18H38O3S.Ba/c2*1-3-4-5-6-7-8-9-10-11-12-13-14-15-16-17-18(2)22(19,20)21;/h2*18H,3-17H2,1-2H3,(H,19,20,21);/q;;+2/p-2. The summed E-state index contributed by atoms with van der Waals surface area (Å²) in [6, 6.07) is 0. The van der Waals surface area contributed by atoms with Crippen LogP contribution in [0.2, 0.25) is 0 Å². The minimum Gasteiger partial charge on any atom is -0.748 e. The van der Waals surface area contributed by atoms with Crippen LogP contribution in [0.25, 0.3) is 0 Å². The Kier molecular flexibility index (Phi) is 41.4. The van der Waals surface area contributed by atoms with Crippen LogP contribution in [-0.4, -0.2) is 85.3 Å². The van der Waals surface area contributed by atoms with Crippen molar-refractivity contribution in [2.45, 2.75) is 231 Å². The van der Waals surface area contributed by atoms with Gasteiger partial charge in [0.1, 0.15) is 0 Å². The molecule has 0 N–H and O–H groups in total. The fourth-order valence-corrected chi connectivity index (χ4v) is 6.45. The normalized spacial score (nSPS) is 13.1. The summed E-state index contributed by atoms with van der Waals surface area (Å²) in [5, 5.41) is -1.44. The molecule has 0 bridgehead atoms. The van der Waals surface area contributed by atoms with Crippen molar-refractivity contribution in [2.75, 3.05) is 0 Å². The van der Waals surface area contributed by atoms with Gasteiger partial charge in [-0.1, -0.05) is 194 Å². The van der Waals surface area contributed by atoms with Gasteiger partial charge in [-0.3, -0.25) is 0 Å². The van der Waals surface area contributed by atoms with E-state index in [4.69, 9.17) is 0 Å². The second-order valence-electron chi connectivity index (χ2n) is 13.4. The smallest absolute Gasteiger partial charge is 0.748 e. The van der Waals surface area contributed by atoms with E-state index in [2.05, 4.69) is 13.8 Å². The van der Waals surface area contributed by atoms with Gasteiger partial charge in [-0.05, 0) is 26.7 Å². The maximum Gasteiger partial charge on any atom is 2.00 e. The van der Waals surface area contributed by atoms with Gasteiger partial charge in [0.05, 0.1) is 20.2 Å². The second-order valence-corrected chi connectivity index (χ2v) is 17.0. The molecule has 0 fully saturated rings. The summed E-state index contributed by atoms with van der Waals surface area (Å²) in [5.74, 6) is 0. The van der Waals surface area contributed by atoms with Gasteiger partial charge in [-0.15, -0.1) is 0 Å². The largest absolute Gasteiger partial charge is 2.00 e. The Morgan fingerprint density at radius 3 is 0.667 bits per heavy atom. The maximum absolute atomic E-state index is 10.7. The molecule has 0 aromatic rings. The summed E-state index contributed by atoms with van der Waals surface area (Å²) in [7, 11) is -8.14. The first-order valence-electron chi connectivity index (χ1n) is 18.9. The third-order valence-electron chi connectivity index (χ3n) is 8.91. The summed E-state index contributed by atoms with van der Waals surface area (Å²) in [5.41, 5.74) is 0. The van der Waals surface area contributed by atoms with Crippen LogP contribution < -0.4 is 0 Å². The van der Waals surface area contributed by atoms with Crippen molar-refractivity contribution >= 4 is 69.1 Å². The quantitative estimate of drug-likeness (QED) is 0.0380. The number of hydrogen-bond donors (Lipinski definition) is 0. The predicted octanol–water partition coefficient (Wildman–Crippen LogP) is 11.2. The van der Waals surface area contributed by atoms with Gasteiger partial charge < -0.3 is 9.11 Å². The topological polar surface area (TPSA) is 114 Å².